The zero-order valence-electron chi connectivity index (χ0n) is 20.3. The van der Waals surface area contributed by atoms with Crippen molar-refractivity contribution in [1.29, 1.82) is 0 Å². The minimum Gasteiger partial charge on any atom is -0.380 e. The molecular weight excluding hydrogens is 452 g/mol. The molecule has 8 nitrogen and oxygen atoms in total. The van der Waals surface area contributed by atoms with Crippen molar-refractivity contribution < 1.29 is 19.8 Å². The zero-order valence-corrected chi connectivity index (χ0v) is 21.1. The Hall–Kier alpha value is -2.75. The minimum absolute atomic E-state index is 0.203. The molecule has 0 saturated carbocycles. The molecule has 0 bridgehead atoms. The fourth-order valence-electron chi connectivity index (χ4n) is 4.56. The van der Waals surface area contributed by atoms with Gasteiger partial charge < -0.3 is 25.7 Å². The highest BCUT2D eigenvalue weighted by Crippen LogP contribution is 2.48. The van der Waals surface area contributed by atoms with Gasteiger partial charge in [-0.2, -0.15) is 0 Å². The van der Waals surface area contributed by atoms with Crippen LogP contribution >= 0.6 is 11.3 Å². The largest absolute Gasteiger partial charge is 0.380 e. The fraction of sp³-hybridized carbons (Fsp3) is 0.480. The molecule has 184 valence electrons. The second kappa shape index (κ2) is 10.2. The number of benzene rings is 1. The monoisotopic (exact) mass is 486 g/mol. The first-order chi connectivity index (χ1) is 16.0. The number of hydrogen-bond donors (Lipinski definition) is 4. The maximum absolute atomic E-state index is 13.3. The summed E-state index contributed by atoms with van der Waals surface area (Å²) in [6, 6.07) is 7.04. The van der Waals surface area contributed by atoms with Crippen LogP contribution in [-0.4, -0.2) is 50.7 Å². The number of amides is 2. The molecule has 1 aromatic heterocycles. The predicted molar refractivity (Wildman–Crippen MR) is 133 cm³/mol. The molecule has 1 fully saturated rings. The quantitative estimate of drug-likeness (QED) is 0.456. The van der Waals surface area contributed by atoms with Gasteiger partial charge in [0.05, 0.1) is 11.6 Å². The average molecular weight is 487 g/mol. The highest BCUT2D eigenvalue weighted by Gasteiger charge is 2.52. The molecule has 4 atom stereocenters. The van der Waals surface area contributed by atoms with E-state index >= 15 is 0 Å². The smallest absolute Gasteiger partial charge is 0.255 e. The molecule has 2 aromatic rings. The third-order valence-corrected chi connectivity index (χ3v) is 7.20. The zero-order chi connectivity index (χ0) is 25.1. The lowest BCUT2D eigenvalue weighted by Gasteiger charge is -2.35. The van der Waals surface area contributed by atoms with E-state index in [9.17, 15) is 19.8 Å². The number of thiazole rings is 1. The average Bonchev–Trinajstić information content (AvgIpc) is 3.43. The van der Waals surface area contributed by atoms with Gasteiger partial charge in [-0.1, -0.05) is 32.1 Å². The van der Waals surface area contributed by atoms with Gasteiger partial charge in [-0.25, -0.2) is 4.98 Å². The molecule has 34 heavy (non-hydrogen) atoms. The lowest BCUT2D eigenvalue weighted by atomic mass is 9.85. The molecule has 2 heterocycles. The summed E-state index contributed by atoms with van der Waals surface area (Å²) in [6.07, 6.45) is 2.26. The van der Waals surface area contributed by atoms with Crippen molar-refractivity contribution in [3.8, 4) is 0 Å². The third kappa shape index (κ3) is 5.48. The van der Waals surface area contributed by atoms with Crippen LogP contribution < -0.4 is 10.6 Å². The lowest BCUT2D eigenvalue weighted by molar-refractivity contribution is -0.156. The highest BCUT2D eigenvalue weighted by molar-refractivity contribution is 7.09. The van der Waals surface area contributed by atoms with Gasteiger partial charge in [0.1, 0.15) is 5.01 Å². The molecule has 1 aliphatic heterocycles. The molecule has 4 N–H and O–H groups in total. The normalized spacial score (nSPS) is 22.4. The van der Waals surface area contributed by atoms with Crippen LogP contribution in [0, 0.1) is 5.41 Å². The van der Waals surface area contributed by atoms with Crippen molar-refractivity contribution in [1.82, 2.24) is 15.2 Å². The lowest BCUT2D eigenvalue weighted by Crippen LogP contribution is -2.54. The van der Waals surface area contributed by atoms with E-state index in [4.69, 9.17) is 0 Å². The third-order valence-electron chi connectivity index (χ3n) is 6.17. The number of carbonyl (C=O) groups is 2. The standard InChI is InChI=1S/C25H34N4O4S/c1-6-11-26-18-9-7-17(8-10-18)16(2)28-21(32)19(30)20(31)22(33)29-15-24(3,4)14-25(29,5)23-27-12-13-34-23/h6-13,16,19-20,26,30-31H,14-15H2,1-5H3,(H,28,32)/b11-6-/t16-,19-,20-,25?/m1/s1. The van der Waals surface area contributed by atoms with Gasteiger partial charge in [0.25, 0.3) is 11.8 Å². The number of carbonyl (C=O) groups excluding carboxylic acids is 2. The first kappa shape index (κ1) is 25.9. The first-order valence-corrected chi connectivity index (χ1v) is 12.2. The summed E-state index contributed by atoms with van der Waals surface area (Å²) in [5, 5.41) is 29.6. The van der Waals surface area contributed by atoms with Crippen molar-refractivity contribution in [3.05, 3.63) is 58.7 Å². The second-order valence-electron chi connectivity index (χ2n) is 9.76. The van der Waals surface area contributed by atoms with Crippen molar-refractivity contribution >= 4 is 28.8 Å². The van der Waals surface area contributed by atoms with Crippen molar-refractivity contribution in [2.24, 2.45) is 5.41 Å². The number of hydrogen-bond acceptors (Lipinski definition) is 7. The van der Waals surface area contributed by atoms with Crippen LogP contribution in [0.4, 0.5) is 5.69 Å². The van der Waals surface area contributed by atoms with E-state index in [0.29, 0.717) is 13.0 Å². The molecule has 2 amide bonds. The number of aliphatic hydroxyl groups is 2. The van der Waals surface area contributed by atoms with E-state index in [-0.39, 0.29) is 5.41 Å². The van der Waals surface area contributed by atoms with Crippen LogP contribution in [0.15, 0.2) is 48.1 Å². The van der Waals surface area contributed by atoms with Gasteiger partial charge in [-0.05, 0) is 56.5 Å². The predicted octanol–water partition coefficient (Wildman–Crippen LogP) is 3.16. The van der Waals surface area contributed by atoms with E-state index in [0.717, 1.165) is 16.3 Å². The van der Waals surface area contributed by atoms with Crippen molar-refractivity contribution in [2.45, 2.75) is 64.8 Å². The van der Waals surface area contributed by atoms with Crippen LogP contribution in [0.2, 0.25) is 0 Å². The summed E-state index contributed by atoms with van der Waals surface area (Å²) in [6.45, 7) is 10.1. The van der Waals surface area contributed by atoms with Crippen LogP contribution in [0.1, 0.15) is 57.7 Å². The van der Waals surface area contributed by atoms with Crippen LogP contribution in [0.25, 0.3) is 0 Å². The Bertz CT molecular complexity index is 1020. The van der Waals surface area contributed by atoms with Crippen LogP contribution in [0.5, 0.6) is 0 Å². The van der Waals surface area contributed by atoms with Gasteiger partial charge in [-0.15, -0.1) is 11.3 Å². The number of nitrogens with one attached hydrogen (secondary N) is 2. The van der Waals surface area contributed by atoms with E-state index < -0.39 is 35.6 Å². The Balaban J connectivity index is 1.68. The second-order valence-corrected chi connectivity index (χ2v) is 10.7. The number of aromatic nitrogens is 1. The molecule has 0 spiro atoms. The van der Waals surface area contributed by atoms with Gasteiger partial charge in [-0.3, -0.25) is 9.59 Å². The molecule has 0 radical (unpaired) electrons. The Morgan fingerprint density at radius 1 is 1.18 bits per heavy atom. The first-order valence-electron chi connectivity index (χ1n) is 11.3. The summed E-state index contributed by atoms with van der Waals surface area (Å²) >= 11 is 1.44. The number of aliphatic hydroxyl groups excluding tert-OH is 2. The molecule has 9 heteroatoms. The summed E-state index contributed by atoms with van der Waals surface area (Å²) in [7, 11) is 0. The summed E-state index contributed by atoms with van der Waals surface area (Å²) in [5.74, 6) is -1.49. The summed E-state index contributed by atoms with van der Waals surface area (Å²) < 4.78 is 0. The topological polar surface area (TPSA) is 115 Å². The Labute approximate surface area is 204 Å². The van der Waals surface area contributed by atoms with Gasteiger partial charge >= 0.3 is 0 Å². The van der Waals surface area contributed by atoms with E-state index in [1.54, 1.807) is 18.0 Å². The number of anilines is 1. The number of nitrogens with zero attached hydrogens (tertiary/aromatic N) is 2. The molecule has 1 aromatic carbocycles. The Kier molecular flexibility index (Phi) is 7.80. The Morgan fingerprint density at radius 2 is 1.85 bits per heavy atom. The summed E-state index contributed by atoms with van der Waals surface area (Å²) in [4.78, 5) is 31.9. The summed E-state index contributed by atoms with van der Waals surface area (Å²) in [5.41, 5.74) is 0.802. The van der Waals surface area contributed by atoms with E-state index in [1.165, 1.54) is 11.3 Å². The van der Waals surface area contributed by atoms with Crippen LogP contribution in [-0.2, 0) is 15.1 Å². The SMILES string of the molecule is C/C=C\Nc1ccc([C@@H](C)NC(=O)[C@H](O)[C@@H](O)C(=O)N2CC(C)(C)CC2(C)c2nccs2)cc1. The molecule has 1 aliphatic rings. The number of likely N-dealkylation sites (tertiary alicyclic amines) is 1. The Morgan fingerprint density at radius 3 is 2.44 bits per heavy atom. The van der Waals surface area contributed by atoms with E-state index in [2.05, 4.69) is 15.6 Å². The van der Waals surface area contributed by atoms with Crippen molar-refractivity contribution in [2.75, 3.05) is 11.9 Å². The van der Waals surface area contributed by atoms with Crippen molar-refractivity contribution in [3.63, 3.8) is 0 Å². The molecule has 1 saturated heterocycles. The number of rotatable bonds is 8. The molecule has 0 aliphatic carbocycles. The van der Waals surface area contributed by atoms with Gasteiger partial charge in [0.15, 0.2) is 12.2 Å². The minimum atomic E-state index is -1.89. The maximum Gasteiger partial charge on any atom is 0.255 e. The van der Waals surface area contributed by atoms with Gasteiger partial charge in [0.2, 0.25) is 0 Å². The van der Waals surface area contributed by atoms with Gasteiger partial charge in [0, 0.05) is 23.8 Å². The van der Waals surface area contributed by atoms with Crippen LogP contribution in [0.3, 0.4) is 0 Å². The highest BCUT2D eigenvalue weighted by atomic mass is 32.1. The van der Waals surface area contributed by atoms with E-state index in [1.807, 2.05) is 69.6 Å². The number of allylic oxidation sites excluding steroid dienone is 1. The maximum atomic E-state index is 13.3. The fourth-order valence-corrected chi connectivity index (χ4v) is 5.36. The molecule has 3 rings (SSSR count). The molecular formula is C25H34N4O4S. The molecule has 1 unspecified atom stereocenters.